The molecule has 2 N–H and O–H groups in total. The molecule has 0 atom stereocenters. The van der Waals surface area contributed by atoms with E-state index in [-0.39, 0.29) is 6.61 Å². The van der Waals surface area contributed by atoms with Crippen molar-refractivity contribution in [3.8, 4) is 11.5 Å². The number of aliphatic hydroxyl groups excluding tert-OH is 1. The van der Waals surface area contributed by atoms with Crippen molar-refractivity contribution in [2.75, 3.05) is 6.54 Å². The Balaban J connectivity index is 2.12. The first-order valence-corrected chi connectivity index (χ1v) is 7.41. The summed E-state index contributed by atoms with van der Waals surface area (Å²) in [6.07, 6.45) is 1.13. The van der Waals surface area contributed by atoms with Gasteiger partial charge in [0.05, 0.1) is 6.61 Å². The minimum Gasteiger partial charge on any atom is -0.457 e. The lowest BCUT2D eigenvalue weighted by Gasteiger charge is -2.12. The SMILES string of the molecule is CCCNCc1ccc(C)c(Oc2cccc(CO)c2)c1. The summed E-state index contributed by atoms with van der Waals surface area (Å²) in [6.45, 7) is 6.08. The number of aliphatic hydroxyl groups is 1. The molecule has 0 aromatic heterocycles. The fourth-order valence-corrected chi connectivity index (χ4v) is 2.11. The highest BCUT2D eigenvalue weighted by molar-refractivity contribution is 5.40. The van der Waals surface area contributed by atoms with E-state index in [0.29, 0.717) is 0 Å². The minimum atomic E-state index is 0.0250. The Morgan fingerprint density at radius 1 is 1.10 bits per heavy atom. The van der Waals surface area contributed by atoms with E-state index in [2.05, 4.69) is 30.4 Å². The lowest BCUT2D eigenvalue weighted by Crippen LogP contribution is -2.13. The molecule has 2 aromatic rings. The first-order valence-electron chi connectivity index (χ1n) is 7.41. The molecular weight excluding hydrogens is 262 g/mol. The molecule has 0 aliphatic carbocycles. The molecular formula is C18H23NO2. The Bertz CT molecular complexity index is 581. The summed E-state index contributed by atoms with van der Waals surface area (Å²) in [7, 11) is 0. The van der Waals surface area contributed by atoms with E-state index >= 15 is 0 Å². The van der Waals surface area contributed by atoms with E-state index in [4.69, 9.17) is 4.74 Å². The number of hydrogen-bond acceptors (Lipinski definition) is 3. The Hall–Kier alpha value is -1.84. The molecule has 0 saturated carbocycles. The Morgan fingerprint density at radius 3 is 2.71 bits per heavy atom. The van der Waals surface area contributed by atoms with Crippen molar-refractivity contribution in [2.45, 2.75) is 33.4 Å². The smallest absolute Gasteiger partial charge is 0.130 e. The normalized spacial score (nSPS) is 10.6. The van der Waals surface area contributed by atoms with Crippen LogP contribution < -0.4 is 10.1 Å². The first kappa shape index (κ1) is 15.5. The zero-order valence-electron chi connectivity index (χ0n) is 12.7. The van der Waals surface area contributed by atoms with Gasteiger partial charge in [0.25, 0.3) is 0 Å². The standard InChI is InChI=1S/C18H23NO2/c1-3-9-19-12-15-8-7-14(2)18(11-15)21-17-6-4-5-16(10-17)13-20/h4-8,10-11,19-20H,3,9,12-13H2,1-2H3. The van der Waals surface area contributed by atoms with Crippen molar-refractivity contribution in [3.05, 3.63) is 59.2 Å². The van der Waals surface area contributed by atoms with Crippen LogP contribution in [0.15, 0.2) is 42.5 Å². The molecule has 0 aliphatic rings. The molecule has 0 spiro atoms. The van der Waals surface area contributed by atoms with Crippen LogP contribution in [0.3, 0.4) is 0 Å². The highest BCUT2D eigenvalue weighted by atomic mass is 16.5. The summed E-state index contributed by atoms with van der Waals surface area (Å²) >= 11 is 0. The molecule has 3 heteroatoms. The molecule has 0 amide bonds. The van der Waals surface area contributed by atoms with Crippen molar-refractivity contribution in [1.82, 2.24) is 5.32 Å². The Morgan fingerprint density at radius 2 is 1.95 bits per heavy atom. The summed E-state index contributed by atoms with van der Waals surface area (Å²) in [6, 6.07) is 13.8. The summed E-state index contributed by atoms with van der Waals surface area (Å²) < 4.78 is 5.96. The molecule has 0 fully saturated rings. The van der Waals surface area contributed by atoms with Gasteiger partial charge in [0.1, 0.15) is 11.5 Å². The third-order valence-electron chi connectivity index (χ3n) is 3.32. The minimum absolute atomic E-state index is 0.0250. The van der Waals surface area contributed by atoms with Crippen LogP contribution in [0.25, 0.3) is 0 Å². The van der Waals surface area contributed by atoms with Crippen LogP contribution in [-0.4, -0.2) is 11.7 Å². The van der Waals surface area contributed by atoms with Gasteiger partial charge in [-0.3, -0.25) is 0 Å². The van der Waals surface area contributed by atoms with Gasteiger partial charge in [-0.2, -0.15) is 0 Å². The van der Waals surface area contributed by atoms with E-state index in [1.165, 1.54) is 5.56 Å². The molecule has 0 aliphatic heterocycles. The van der Waals surface area contributed by atoms with Gasteiger partial charge in [-0.25, -0.2) is 0 Å². The fourth-order valence-electron chi connectivity index (χ4n) is 2.11. The van der Waals surface area contributed by atoms with Crippen LogP contribution in [0.5, 0.6) is 11.5 Å². The van der Waals surface area contributed by atoms with Gasteiger partial charge in [0.2, 0.25) is 0 Å². The van der Waals surface area contributed by atoms with Crippen molar-refractivity contribution in [1.29, 1.82) is 0 Å². The summed E-state index contributed by atoms with van der Waals surface area (Å²) in [5, 5.41) is 12.6. The van der Waals surface area contributed by atoms with E-state index in [0.717, 1.165) is 42.1 Å². The summed E-state index contributed by atoms with van der Waals surface area (Å²) in [5.74, 6) is 1.62. The predicted molar refractivity (Wildman–Crippen MR) is 85.6 cm³/mol. The molecule has 112 valence electrons. The maximum atomic E-state index is 9.18. The second-order valence-corrected chi connectivity index (χ2v) is 5.18. The molecule has 21 heavy (non-hydrogen) atoms. The van der Waals surface area contributed by atoms with Gasteiger partial charge < -0.3 is 15.2 Å². The van der Waals surface area contributed by atoms with Gasteiger partial charge in [-0.05, 0) is 54.8 Å². The summed E-state index contributed by atoms with van der Waals surface area (Å²) in [5.41, 5.74) is 3.16. The quantitative estimate of drug-likeness (QED) is 0.761. The molecule has 2 rings (SSSR count). The second-order valence-electron chi connectivity index (χ2n) is 5.18. The third kappa shape index (κ3) is 4.59. The number of ether oxygens (including phenoxy) is 1. The molecule has 0 radical (unpaired) electrons. The number of nitrogens with one attached hydrogen (secondary N) is 1. The molecule has 0 unspecified atom stereocenters. The molecule has 0 heterocycles. The first-order chi connectivity index (χ1) is 10.2. The van der Waals surface area contributed by atoms with Crippen LogP contribution in [0.2, 0.25) is 0 Å². The van der Waals surface area contributed by atoms with Gasteiger partial charge in [0, 0.05) is 6.54 Å². The number of rotatable bonds is 7. The predicted octanol–water partition coefficient (Wildman–Crippen LogP) is 3.78. The topological polar surface area (TPSA) is 41.5 Å². The molecule has 3 nitrogen and oxygen atoms in total. The average molecular weight is 285 g/mol. The maximum absolute atomic E-state index is 9.18. The second kappa shape index (κ2) is 7.81. The number of aryl methyl sites for hydroxylation is 1. The summed E-state index contributed by atoms with van der Waals surface area (Å²) in [4.78, 5) is 0. The average Bonchev–Trinajstić information content (AvgIpc) is 2.51. The van der Waals surface area contributed by atoms with Crippen molar-refractivity contribution in [3.63, 3.8) is 0 Å². The third-order valence-corrected chi connectivity index (χ3v) is 3.32. The van der Waals surface area contributed by atoms with Crippen molar-refractivity contribution in [2.24, 2.45) is 0 Å². The molecule has 2 aromatic carbocycles. The Labute approximate surface area is 126 Å². The van der Waals surface area contributed by atoms with Crippen molar-refractivity contribution >= 4 is 0 Å². The van der Waals surface area contributed by atoms with Gasteiger partial charge >= 0.3 is 0 Å². The van der Waals surface area contributed by atoms with Gasteiger partial charge in [-0.1, -0.05) is 31.2 Å². The highest BCUT2D eigenvalue weighted by Crippen LogP contribution is 2.26. The van der Waals surface area contributed by atoms with E-state index in [1.54, 1.807) is 0 Å². The van der Waals surface area contributed by atoms with Crippen LogP contribution in [0.1, 0.15) is 30.0 Å². The maximum Gasteiger partial charge on any atom is 0.130 e. The van der Waals surface area contributed by atoms with E-state index in [9.17, 15) is 5.11 Å². The van der Waals surface area contributed by atoms with E-state index in [1.807, 2.05) is 31.2 Å². The zero-order chi connectivity index (χ0) is 15.1. The van der Waals surface area contributed by atoms with E-state index < -0.39 is 0 Å². The number of hydrogen-bond donors (Lipinski definition) is 2. The largest absolute Gasteiger partial charge is 0.457 e. The van der Waals surface area contributed by atoms with Crippen LogP contribution in [0, 0.1) is 6.92 Å². The molecule has 0 saturated heterocycles. The lowest BCUT2D eigenvalue weighted by molar-refractivity contribution is 0.281. The highest BCUT2D eigenvalue weighted by Gasteiger charge is 2.04. The number of benzene rings is 2. The van der Waals surface area contributed by atoms with Gasteiger partial charge in [-0.15, -0.1) is 0 Å². The van der Waals surface area contributed by atoms with Crippen LogP contribution >= 0.6 is 0 Å². The van der Waals surface area contributed by atoms with Crippen LogP contribution in [0.4, 0.5) is 0 Å². The molecule has 0 bridgehead atoms. The van der Waals surface area contributed by atoms with Crippen LogP contribution in [-0.2, 0) is 13.2 Å². The lowest BCUT2D eigenvalue weighted by atomic mass is 10.1. The van der Waals surface area contributed by atoms with Gasteiger partial charge in [0.15, 0.2) is 0 Å². The Kier molecular flexibility index (Phi) is 5.78. The fraction of sp³-hybridized carbons (Fsp3) is 0.333. The monoisotopic (exact) mass is 285 g/mol. The zero-order valence-corrected chi connectivity index (χ0v) is 12.7. The van der Waals surface area contributed by atoms with Crippen molar-refractivity contribution < 1.29 is 9.84 Å².